The number of H-pyrrole nitrogens is 1. The number of anilines is 2. The second-order valence-electron chi connectivity index (χ2n) is 9.01. The van der Waals surface area contributed by atoms with Crippen LogP contribution in [-0.4, -0.2) is 84.2 Å². The number of fused-ring (bicyclic) bond motifs is 1. The van der Waals surface area contributed by atoms with E-state index in [1.807, 2.05) is 14.1 Å². The molecule has 0 bridgehead atoms. The van der Waals surface area contributed by atoms with E-state index in [0.717, 1.165) is 18.4 Å². The van der Waals surface area contributed by atoms with E-state index in [-0.39, 0.29) is 17.0 Å². The summed E-state index contributed by atoms with van der Waals surface area (Å²) in [5.74, 6) is 0.498. The molecule has 5 rings (SSSR count). The molecular formula is C23H27F2N7O4S. The molecule has 0 unspecified atom stereocenters. The van der Waals surface area contributed by atoms with Crippen LogP contribution in [0, 0.1) is 0 Å². The number of nitrogens with one attached hydrogen (secondary N) is 2. The number of piperidine rings is 1. The fourth-order valence-electron chi connectivity index (χ4n) is 4.64. The molecule has 1 aromatic carbocycles. The van der Waals surface area contributed by atoms with E-state index in [1.165, 1.54) is 16.6 Å². The van der Waals surface area contributed by atoms with Gasteiger partial charge in [0.2, 0.25) is 11.8 Å². The predicted octanol–water partition coefficient (Wildman–Crippen LogP) is 2.86. The van der Waals surface area contributed by atoms with Crippen molar-refractivity contribution < 1.29 is 26.7 Å². The lowest BCUT2D eigenvalue weighted by Crippen LogP contribution is -2.44. The van der Waals surface area contributed by atoms with Crippen molar-refractivity contribution in [2.75, 3.05) is 39.1 Å². The molecule has 3 aromatic rings. The highest BCUT2D eigenvalue weighted by Gasteiger charge is 2.33. The van der Waals surface area contributed by atoms with Crippen molar-refractivity contribution in [1.82, 2.24) is 29.4 Å². The summed E-state index contributed by atoms with van der Waals surface area (Å²) in [5.41, 5.74) is 2.63. The minimum absolute atomic E-state index is 0.0569. The number of sulfonamides is 1. The van der Waals surface area contributed by atoms with E-state index >= 15 is 0 Å². The molecule has 2 aliphatic rings. The average Bonchev–Trinajstić information content (AvgIpc) is 3.54. The van der Waals surface area contributed by atoms with Gasteiger partial charge in [-0.25, -0.2) is 18.5 Å². The van der Waals surface area contributed by atoms with Crippen molar-refractivity contribution >= 4 is 21.7 Å². The Balaban J connectivity index is 1.42. The highest BCUT2D eigenvalue weighted by Crippen LogP contribution is 2.41. The van der Waals surface area contributed by atoms with Gasteiger partial charge in [0, 0.05) is 48.9 Å². The first kappa shape index (κ1) is 25.3. The zero-order valence-corrected chi connectivity index (χ0v) is 21.1. The van der Waals surface area contributed by atoms with Crippen LogP contribution in [0.5, 0.6) is 11.6 Å². The van der Waals surface area contributed by atoms with Crippen molar-refractivity contribution in [1.29, 1.82) is 0 Å². The van der Waals surface area contributed by atoms with Gasteiger partial charge in [-0.3, -0.25) is 0 Å². The number of hydrogen-bond donors (Lipinski definition) is 2. The molecular weight excluding hydrogens is 508 g/mol. The molecule has 0 atom stereocenters. The van der Waals surface area contributed by atoms with Crippen molar-refractivity contribution in [3.8, 4) is 22.8 Å². The summed E-state index contributed by atoms with van der Waals surface area (Å²) in [6, 6.07) is 6.96. The maximum absolute atomic E-state index is 13.2. The van der Waals surface area contributed by atoms with Crippen LogP contribution in [0.15, 0.2) is 35.6 Å². The van der Waals surface area contributed by atoms with E-state index in [4.69, 9.17) is 4.74 Å². The van der Waals surface area contributed by atoms with Gasteiger partial charge < -0.3 is 19.7 Å². The molecule has 0 saturated carbocycles. The predicted molar refractivity (Wildman–Crippen MR) is 131 cm³/mol. The number of aromatic amines is 1. The Morgan fingerprint density at radius 3 is 2.76 bits per heavy atom. The van der Waals surface area contributed by atoms with Crippen molar-refractivity contribution in [2.45, 2.75) is 37.1 Å². The Labute approximate surface area is 212 Å². The third kappa shape index (κ3) is 5.22. The Morgan fingerprint density at radius 1 is 1.24 bits per heavy atom. The first-order valence-corrected chi connectivity index (χ1v) is 13.2. The molecule has 2 N–H and O–H groups in total. The normalized spacial score (nSPS) is 16.7. The number of alkyl halides is 2. The number of nitrogens with zero attached hydrogens (tertiary/aromatic N) is 5. The smallest absolute Gasteiger partial charge is 0.388 e. The Morgan fingerprint density at radius 2 is 2.03 bits per heavy atom. The van der Waals surface area contributed by atoms with Gasteiger partial charge in [0.25, 0.3) is 15.2 Å². The molecule has 4 heterocycles. The first-order chi connectivity index (χ1) is 17.7. The van der Waals surface area contributed by atoms with Gasteiger partial charge in [0.15, 0.2) is 0 Å². The van der Waals surface area contributed by atoms with E-state index in [9.17, 15) is 17.2 Å². The van der Waals surface area contributed by atoms with Crippen LogP contribution in [0.2, 0.25) is 0 Å². The second-order valence-corrected chi connectivity index (χ2v) is 10.9. The fraction of sp³-hybridized carbons (Fsp3) is 0.435. The standard InChI is InChI=1S/C23H27F2N7O4S/c1-31(2)15-6-10-32(11-7-15)37(33,34)23-28-22(29-30-23)27-20-16(3-4-18-17(20)8-12-35-18)14-5-9-26-19(13-14)36-21(24)25/h3-5,9,13,15,21H,6-8,10-12H2,1-2H3,(H2,27,28,29,30). The van der Waals surface area contributed by atoms with Crippen LogP contribution in [0.1, 0.15) is 18.4 Å². The summed E-state index contributed by atoms with van der Waals surface area (Å²) < 4.78 is 63.3. The van der Waals surface area contributed by atoms with Gasteiger partial charge in [0.1, 0.15) is 5.75 Å². The van der Waals surface area contributed by atoms with Crippen LogP contribution >= 0.6 is 0 Å². The van der Waals surface area contributed by atoms with Crippen LogP contribution in [0.4, 0.5) is 20.4 Å². The Bertz CT molecular complexity index is 1380. The van der Waals surface area contributed by atoms with Crippen LogP contribution in [0.25, 0.3) is 11.1 Å². The molecule has 2 aliphatic heterocycles. The molecule has 2 aromatic heterocycles. The molecule has 198 valence electrons. The lowest BCUT2D eigenvalue weighted by atomic mass is 9.99. The molecule has 0 radical (unpaired) electrons. The quantitative estimate of drug-likeness (QED) is 0.448. The zero-order chi connectivity index (χ0) is 26.2. The van der Waals surface area contributed by atoms with Crippen LogP contribution in [0.3, 0.4) is 0 Å². The van der Waals surface area contributed by atoms with Gasteiger partial charge in [-0.05, 0) is 50.7 Å². The number of hydrogen-bond acceptors (Lipinski definition) is 9. The molecule has 1 saturated heterocycles. The van der Waals surface area contributed by atoms with Crippen molar-refractivity contribution in [3.63, 3.8) is 0 Å². The first-order valence-electron chi connectivity index (χ1n) is 11.8. The topological polar surface area (TPSA) is 126 Å². The summed E-state index contributed by atoms with van der Waals surface area (Å²) in [7, 11) is 0.127. The van der Waals surface area contributed by atoms with Gasteiger partial charge in [-0.15, -0.1) is 5.10 Å². The number of pyridine rings is 1. The molecule has 14 heteroatoms. The fourth-order valence-corrected chi connectivity index (χ4v) is 5.94. The minimum atomic E-state index is -3.85. The molecule has 11 nitrogen and oxygen atoms in total. The number of halogens is 2. The summed E-state index contributed by atoms with van der Waals surface area (Å²) >= 11 is 0. The highest BCUT2D eigenvalue weighted by atomic mass is 32.2. The highest BCUT2D eigenvalue weighted by molar-refractivity contribution is 7.88. The largest absolute Gasteiger partial charge is 0.493 e. The van der Waals surface area contributed by atoms with Crippen LogP contribution in [-0.2, 0) is 16.4 Å². The van der Waals surface area contributed by atoms with Crippen molar-refractivity contribution in [2.24, 2.45) is 0 Å². The lowest BCUT2D eigenvalue weighted by Gasteiger charge is -2.33. The number of benzene rings is 1. The summed E-state index contributed by atoms with van der Waals surface area (Å²) in [5, 5.41) is 9.51. The van der Waals surface area contributed by atoms with E-state index < -0.39 is 16.6 Å². The van der Waals surface area contributed by atoms with Crippen molar-refractivity contribution in [3.05, 3.63) is 36.0 Å². The van der Waals surface area contributed by atoms with Gasteiger partial charge in [-0.2, -0.15) is 18.1 Å². The van der Waals surface area contributed by atoms with Gasteiger partial charge in [-0.1, -0.05) is 0 Å². The Hall–Kier alpha value is -3.36. The Kier molecular flexibility index (Phi) is 6.96. The molecule has 0 aliphatic carbocycles. The van der Waals surface area contributed by atoms with Crippen LogP contribution < -0.4 is 14.8 Å². The maximum atomic E-state index is 13.2. The third-order valence-electron chi connectivity index (χ3n) is 6.57. The third-order valence-corrected chi connectivity index (χ3v) is 8.29. The average molecular weight is 536 g/mol. The summed E-state index contributed by atoms with van der Waals surface area (Å²) in [4.78, 5) is 10.2. The minimum Gasteiger partial charge on any atom is -0.493 e. The number of aromatic nitrogens is 4. The molecule has 1 fully saturated rings. The van der Waals surface area contributed by atoms with E-state index in [2.05, 4.69) is 35.1 Å². The lowest BCUT2D eigenvalue weighted by molar-refractivity contribution is -0.0528. The monoisotopic (exact) mass is 535 g/mol. The second kappa shape index (κ2) is 10.2. The molecule has 0 amide bonds. The van der Waals surface area contributed by atoms with Gasteiger partial charge >= 0.3 is 6.61 Å². The maximum Gasteiger partial charge on any atom is 0.388 e. The molecule has 0 spiro atoms. The number of rotatable bonds is 8. The van der Waals surface area contributed by atoms with E-state index in [0.29, 0.717) is 54.7 Å². The summed E-state index contributed by atoms with van der Waals surface area (Å²) in [6.07, 6.45) is 3.42. The van der Waals surface area contributed by atoms with Gasteiger partial charge in [0.05, 0.1) is 12.3 Å². The number of ether oxygens (including phenoxy) is 2. The molecule has 37 heavy (non-hydrogen) atoms. The SMILES string of the molecule is CN(C)C1CCN(S(=O)(=O)c2nc(Nc3c(-c4ccnc(OC(F)F)c4)ccc4c3CCO4)n[nH]2)CC1. The van der Waals surface area contributed by atoms with E-state index in [1.54, 1.807) is 18.2 Å². The summed E-state index contributed by atoms with van der Waals surface area (Å²) in [6.45, 7) is -1.74. The zero-order valence-electron chi connectivity index (χ0n) is 20.3.